The van der Waals surface area contributed by atoms with Gasteiger partial charge in [-0.1, -0.05) is 167 Å². The molecule has 0 unspecified atom stereocenters. The predicted octanol–water partition coefficient (Wildman–Crippen LogP) is 20.4. The molecule has 0 heterocycles. The third-order valence-electron chi connectivity index (χ3n) is 15.2. The molecule has 0 bridgehead atoms. The fourth-order valence-corrected chi connectivity index (χ4v) is 11.7. The van der Waals surface area contributed by atoms with Crippen LogP contribution in [0.1, 0.15) is 203 Å². The second-order valence-corrected chi connectivity index (χ2v) is 20.0. The molecule has 0 N–H and O–H groups in total. The Labute approximate surface area is 402 Å². The van der Waals surface area contributed by atoms with E-state index >= 15 is 0 Å². The van der Waals surface area contributed by atoms with Gasteiger partial charge in [0.05, 0.1) is 0 Å². The van der Waals surface area contributed by atoms with Crippen molar-refractivity contribution in [2.75, 3.05) is 0 Å². The lowest BCUT2D eigenvalue weighted by molar-refractivity contribution is 0.724. The predicted molar refractivity (Wildman–Crippen MR) is 296 cm³/mol. The Morgan fingerprint density at radius 1 is 0.227 bits per heavy atom. The van der Waals surface area contributed by atoms with Gasteiger partial charge in [0.15, 0.2) is 0 Å². The van der Waals surface area contributed by atoms with Crippen LogP contribution in [-0.4, -0.2) is 0 Å². The third kappa shape index (κ3) is 10.5. The highest BCUT2D eigenvalue weighted by atomic mass is 14.3. The highest BCUT2D eigenvalue weighted by molar-refractivity contribution is 6.26. The summed E-state index contributed by atoms with van der Waals surface area (Å²) in [6, 6.07) is 34.1. The monoisotopic (exact) mass is 879 g/mol. The van der Waals surface area contributed by atoms with E-state index in [0.717, 1.165) is 25.7 Å². The summed E-state index contributed by atoms with van der Waals surface area (Å²) in [6.45, 7) is 19.1. The minimum absolute atomic E-state index is 1.16. The maximum Gasteiger partial charge on any atom is -0.00259 e. The fourth-order valence-electron chi connectivity index (χ4n) is 11.7. The molecule has 7 aromatic carbocycles. The van der Waals surface area contributed by atoms with Gasteiger partial charge in [-0.3, -0.25) is 0 Å². The molecule has 0 nitrogen and oxygen atoms in total. The van der Waals surface area contributed by atoms with Gasteiger partial charge >= 0.3 is 0 Å². The van der Waals surface area contributed by atoms with Crippen molar-refractivity contribution in [1.82, 2.24) is 0 Å². The molecule has 0 heteroatoms. The highest BCUT2D eigenvalue weighted by Crippen LogP contribution is 2.49. The second kappa shape index (κ2) is 24.6. The van der Waals surface area contributed by atoms with Crippen molar-refractivity contribution in [2.45, 2.75) is 209 Å². The van der Waals surface area contributed by atoms with Crippen molar-refractivity contribution in [3.8, 4) is 22.3 Å². The van der Waals surface area contributed by atoms with Crippen molar-refractivity contribution in [3.63, 3.8) is 0 Å². The maximum atomic E-state index is 2.74. The van der Waals surface area contributed by atoms with Crippen LogP contribution in [0.2, 0.25) is 0 Å². The molecule has 7 rings (SSSR count). The number of aryl methyl sites for hydroxylation is 4. The Hall–Kier alpha value is -4.42. The summed E-state index contributed by atoms with van der Waals surface area (Å²) in [6.07, 6.45) is 29.3. The molecule has 350 valence electrons. The molecule has 0 atom stereocenters. The van der Waals surface area contributed by atoms with Crippen LogP contribution in [0.4, 0.5) is 0 Å². The van der Waals surface area contributed by atoms with Crippen LogP contribution in [0, 0.1) is 0 Å². The number of fused-ring (bicyclic) bond motifs is 4. The van der Waals surface area contributed by atoms with E-state index < -0.39 is 0 Å². The van der Waals surface area contributed by atoms with Gasteiger partial charge in [-0.25, -0.2) is 0 Å². The van der Waals surface area contributed by atoms with Gasteiger partial charge < -0.3 is 0 Å². The van der Waals surface area contributed by atoms with Gasteiger partial charge in [0.25, 0.3) is 0 Å². The Bertz CT molecular complexity index is 2330. The summed E-state index contributed by atoms with van der Waals surface area (Å²) in [7, 11) is 0. The number of hydrogen-bond acceptors (Lipinski definition) is 0. The highest BCUT2D eigenvalue weighted by Gasteiger charge is 2.26. The van der Waals surface area contributed by atoms with Gasteiger partial charge in [0, 0.05) is 0 Å². The first-order chi connectivity index (χ1) is 32.5. The summed E-state index contributed by atoms with van der Waals surface area (Å²) in [4.78, 5) is 0. The topological polar surface area (TPSA) is 0 Å². The standard InChI is InChI=1S/C66H86/c1-9-17-35-49-50(36-18-10-2)54(40-22-14-6)58-44-62-61(43-57(58)53(49)39-21-13-5)65(47-31-27-25-28-32-47)63-45-59-55(41-23-15-7)51(37-19-11-3)52(38-20-12-4)56(42-24-16-8)60(59)46-64(63)66(62)48-33-29-26-30-34-48/h25-34,43-46H,9-24,35-42H2,1-8H3. The molecule has 0 aliphatic rings. The zero-order chi connectivity index (χ0) is 46.4. The number of hydrogen-bond donors (Lipinski definition) is 0. The van der Waals surface area contributed by atoms with Gasteiger partial charge in [-0.05, 0) is 237 Å². The van der Waals surface area contributed by atoms with Crippen LogP contribution < -0.4 is 0 Å². The molecule has 66 heavy (non-hydrogen) atoms. The molecule has 0 spiro atoms. The molecule has 7 aromatic rings. The average Bonchev–Trinajstić information content (AvgIpc) is 3.35. The van der Waals surface area contributed by atoms with Gasteiger partial charge in [0.1, 0.15) is 0 Å². The smallest absolute Gasteiger partial charge is 0.00259 e. The van der Waals surface area contributed by atoms with Crippen molar-refractivity contribution in [2.24, 2.45) is 0 Å². The van der Waals surface area contributed by atoms with Gasteiger partial charge in [-0.15, -0.1) is 0 Å². The second-order valence-electron chi connectivity index (χ2n) is 20.0. The van der Waals surface area contributed by atoms with Crippen LogP contribution in [0.3, 0.4) is 0 Å². The SMILES string of the molecule is CCCCc1c(CCCC)c(CCCC)c2cc3c(-c4ccccc4)c4cc5c(CCCC)c(CCCC)c(CCCC)c(CCCC)c5cc4c(-c4ccccc4)c3cc2c1CCCC. The minimum atomic E-state index is 1.16. The van der Waals surface area contributed by atoms with E-state index in [0.29, 0.717) is 0 Å². The van der Waals surface area contributed by atoms with Crippen LogP contribution in [0.5, 0.6) is 0 Å². The molecular weight excluding hydrogens is 793 g/mol. The summed E-state index contributed by atoms with van der Waals surface area (Å²) in [5.74, 6) is 0. The van der Waals surface area contributed by atoms with E-state index in [2.05, 4.69) is 140 Å². The maximum absolute atomic E-state index is 2.74. The lowest BCUT2D eigenvalue weighted by Gasteiger charge is -2.27. The average molecular weight is 879 g/mol. The zero-order valence-electron chi connectivity index (χ0n) is 43.1. The normalized spacial score (nSPS) is 11.9. The fraction of sp³-hybridized carbons (Fsp3) is 0.485. The Morgan fingerprint density at radius 2 is 0.424 bits per heavy atom. The third-order valence-corrected chi connectivity index (χ3v) is 15.2. The Morgan fingerprint density at radius 3 is 0.621 bits per heavy atom. The Balaban J connectivity index is 1.78. The molecule has 0 saturated carbocycles. The van der Waals surface area contributed by atoms with E-state index in [-0.39, 0.29) is 0 Å². The van der Waals surface area contributed by atoms with Crippen LogP contribution in [0.15, 0.2) is 84.9 Å². The van der Waals surface area contributed by atoms with Crippen LogP contribution in [-0.2, 0) is 51.4 Å². The van der Waals surface area contributed by atoms with Crippen LogP contribution >= 0.6 is 0 Å². The first kappa shape index (κ1) is 49.5. The van der Waals surface area contributed by atoms with E-state index in [4.69, 9.17) is 0 Å². The molecular formula is C66H86. The first-order valence-corrected chi connectivity index (χ1v) is 27.6. The quantitative estimate of drug-likeness (QED) is 0.0476. The summed E-state index contributed by atoms with van der Waals surface area (Å²) in [5, 5.41) is 11.9. The number of benzene rings is 7. The van der Waals surface area contributed by atoms with Crippen molar-refractivity contribution in [1.29, 1.82) is 0 Å². The van der Waals surface area contributed by atoms with Gasteiger partial charge in [-0.2, -0.15) is 0 Å². The lowest BCUT2D eigenvalue weighted by atomic mass is 9.77. The van der Waals surface area contributed by atoms with E-state index in [1.807, 2.05) is 0 Å². The zero-order valence-corrected chi connectivity index (χ0v) is 43.1. The molecule has 0 amide bonds. The van der Waals surface area contributed by atoms with Crippen molar-refractivity contribution in [3.05, 3.63) is 129 Å². The lowest BCUT2D eigenvalue weighted by Crippen LogP contribution is -2.09. The van der Waals surface area contributed by atoms with Gasteiger partial charge in [0.2, 0.25) is 0 Å². The first-order valence-electron chi connectivity index (χ1n) is 27.6. The number of unbranched alkanes of at least 4 members (excludes halogenated alkanes) is 8. The largest absolute Gasteiger partial charge is 0.0654 e. The van der Waals surface area contributed by atoms with E-state index in [1.165, 1.54) is 194 Å². The number of rotatable bonds is 26. The molecule has 0 aromatic heterocycles. The molecule has 0 aliphatic heterocycles. The van der Waals surface area contributed by atoms with Crippen LogP contribution in [0.25, 0.3) is 65.3 Å². The molecule has 0 radical (unpaired) electrons. The minimum Gasteiger partial charge on any atom is -0.0654 e. The van der Waals surface area contributed by atoms with E-state index in [9.17, 15) is 0 Å². The van der Waals surface area contributed by atoms with Crippen molar-refractivity contribution >= 4 is 43.1 Å². The Kier molecular flexibility index (Phi) is 18.4. The summed E-state index contributed by atoms with van der Waals surface area (Å²) in [5.41, 5.74) is 19.0. The van der Waals surface area contributed by atoms with E-state index in [1.54, 1.807) is 44.5 Å². The summed E-state index contributed by atoms with van der Waals surface area (Å²) >= 11 is 0. The summed E-state index contributed by atoms with van der Waals surface area (Å²) < 4.78 is 0. The molecule has 0 fully saturated rings. The molecule has 0 aliphatic carbocycles. The van der Waals surface area contributed by atoms with Crippen molar-refractivity contribution < 1.29 is 0 Å². The molecule has 0 saturated heterocycles.